The van der Waals surface area contributed by atoms with E-state index in [9.17, 15) is 14.7 Å². The molecule has 31 heavy (non-hydrogen) atoms. The van der Waals surface area contributed by atoms with Gasteiger partial charge in [0, 0.05) is 16.3 Å². The molecule has 0 aliphatic carbocycles. The Morgan fingerprint density at radius 3 is 2.68 bits per heavy atom. The first kappa shape index (κ1) is 20.8. The smallest absolute Gasteiger partial charge is 0.300 e. The van der Waals surface area contributed by atoms with Crippen molar-refractivity contribution < 1.29 is 23.8 Å². The van der Waals surface area contributed by atoms with Crippen molar-refractivity contribution >= 4 is 34.7 Å². The lowest BCUT2D eigenvalue weighted by Gasteiger charge is -2.25. The number of ketones is 1. The van der Waals surface area contributed by atoms with Gasteiger partial charge >= 0.3 is 0 Å². The molecule has 1 amide bonds. The molecule has 1 unspecified atom stereocenters. The van der Waals surface area contributed by atoms with Gasteiger partial charge in [0.05, 0.1) is 18.4 Å². The minimum absolute atomic E-state index is 0.0621. The molecule has 1 aromatic heterocycles. The normalized spacial score (nSPS) is 17.9. The number of furan rings is 1. The molecular weight excluding hydrogens is 418 g/mol. The molecule has 1 saturated heterocycles. The van der Waals surface area contributed by atoms with Crippen LogP contribution in [-0.2, 0) is 9.59 Å². The van der Waals surface area contributed by atoms with Crippen LogP contribution in [0.25, 0.3) is 5.76 Å². The predicted molar refractivity (Wildman–Crippen MR) is 117 cm³/mol. The zero-order valence-electron chi connectivity index (χ0n) is 17.0. The second-order valence-corrected chi connectivity index (χ2v) is 7.51. The molecule has 2 heterocycles. The number of amides is 1. The highest BCUT2D eigenvalue weighted by Crippen LogP contribution is 2.43. The van der Waals surface area contributed by atoms with E-state index in [4.69, 9.17) is 20.8 Å². The molecule has 0 bridgehead atoms. The summed E-state index contributed by atoms with van der Waals surface area (Å²) in [5, 5.41) is 11.5. The number of carbonyl (C=O) groups is 2. The van der Waals surface area contributed by atoms with E-state index in [0.717, 1.165) is 5.56 Å². The molecule has 1 aliphatic rings. The lowest BCUT2D eigenvalue weighted by molar-refractivity contribution is -0.132. The van der Waals surface area contributed by atoms with Gasteiger partial charge in [0.25, 0.3) is 11.7 Å². The Balaban J connectivity index is 1.92. The molecule has 7 heteroatoms. The highest BCUT2D eigenvalue weighted by molar-refractivity contribution is 6.51. The Morgan fingerprint density at radius 1 is 1.16 bits per heavy atom. The molecule has 1 aliphatic heterocycles. The number of aliphatic hydroxyl groups excluding tert-OH is 1. The number of anilines is 1. The maximum atomic E-state index is 13.1. The summed E-state index contributed by atoms with van der Waals surface area (Å²) in [5.74, 6) is -0.986. The van der Waals surface area contributed by atoms with Crippen molar-refractivity contribution in [1.82, 2.24) is 0 Å². The van der Waals surface area contributed by atoms with E-state index in [0.29, 0.717) is 34.4 Å². The SMILES string of the molecule is CCOc1cccc(/C(O)=C2/C(=O)C(=O)N(c3cc(Cl)ccc3C)C2c2ccco2)c1. The van der Waals surface area contributed by atoms with Gasteiger partial charge in [-0.05, 0) is 55.8 Å². The lowest BCUT2D eigenvalue weighted by atomic mass is 9.99. The maximum absolute atomic E-state index is 13.1. The van der Waals surface area contributed by atoms with Gasteiger partial charge in [-0.15, -0.1) is 0 Å². The Bertz CT molecular complexity index is 1180. The molecule has 1 N–H and O–H groups in total. The molecule has 1 fully saturated rings. The fraction of sp³-hybridized carbons (Fsp3) is 0.167. The van der Waals surface area contributed by atoms with Crippen LogP contribution in [0.5, 0.6) is 5.75 Å². The monoisotopic (exact) mass is 437 g/mol. The van der Waals surface area contributed by atoms with E-state index in [1.807, 2.05) is 13.8 Å². The van der Waals surface area contributed by atoms with Crippen molar-refractivity contribution in [3.63, 3.8) is 0 Å². The summed E-state index contributed by atoms with van der Waals surface area (Å²) in [5.41, 5.74) is 1.52. The van der Waals surface area contributed by atoms with Gasteiger partial charge in [0.2, 0.25) is 0 Å². The van der Waals surface area contributed by atoms with Gasteiger partial charge in [-0.3, -0.25) is 14.5 Å². The number of aryl methyl sites for hydroxylation is 1. The zero-order valence-corrected chi connectivity index (χ0v) is 17.7. The second kappa shape index (κ2) is 8.32. The minimum Gasteiger partial charge on any atom is -0.507 e. The summed E-state index contributed by atoms with van der Waals surface area (Å²) >= 11 is 6.17. The number of hydrogen-bond acceptors (Lipinski definition) is 5. The van der Waals surface area contributed by atoms with E-state index in [1.54, 1.807) is 54.6 Å². The van der Waals surface area contributed by atoms with Gasteiger partial charge in [-0.2, -0.15) is 0 Å². The second-order valence-electron chi connectivity index (χ2n) is 7.08. The number of rotatable bonds is 5. The third-order valence-corrected chi connectivity index (χ3v) is 5.34. The van der Waals surface area contributed by atoms with Gasteiger partial charge in [-0.25, -0.2) is 0 Å². The van der Waals surface area contributed by atoms with E-state index in [1.165, 1.54) is 11.2 Å². The number of hydrogen-bond donors (Lipinski definition) is 1. The molecule has 3 aromatic rings. The quantitative estimate of drug-likeness (QED) is 0.334. The molecule has 0 saturated carbocycles. The van der Waals surface area contributed by atoms with Crippen LogP contribution in [0.15, 0.2) is 70.9 Å². The van der Waals surface area contributed by atoms with E-state index < -0.39 is 17.7 Å². The zero-order chi connectivity index (χ0) is 22.1. The van der Waals surface area contributed by atoms with E-state index in [2.05, 4.69) is 0 Å². The van der Waals surface area contributed by atoms with Crippen LogP contribution in [0.4, 0.5) is 5.69 Å². The van der Waals surface area contributed by atoms with Crippen LogP contribution >= 0.6 is 11.6 Å². The lowest BCUT2D eigenvalue weighted by Crippen LogP contribution is -2.30. The number of Topliss-reactive ketones (excluding diaryl/α,β-unsaturated/α-hetero) is 1. The summed E-state index contributed by atoms with van der Waals surface area (Å²) in [6, 6.07) is 14.2. The van der Waals surface area contributed by atoms with Crippen molar-refractivity contribution in [3.05, 3.63) is 88.3 Å². The Morgan fingerprint density at radius 2 is 1.97 bits per heavy atom. The third-order valence-electron chi connectivity index (χ3n) is 5.11. The molecule has 0 radical (unpaired) electrons. The van der Waals surface area contributed by atoms with Gasteiger partial charge in [-0.1, -0.05) is 29.8 Å². The van der Waals surface area contributed by atoms with Gasteiger partial charge in [0.1, 0.15) is 23.3 Å². The first-order chi connectivity index (χ1) is 14.9. The topological polar surface area (TPSA) is 80.0 Å². The molecule has 4 rings (SSSR count). The first-order valence-electron chi connectivity index (χ1n) is 9.76. The fourth-order valence-electron chi connectivity index (χ4n) is 3.69. The molecular formula is C24H20ClNO5. The standard InChI is InChI=1S/C24H20ClNO5/c1-3-30-17-7-4-6-15(12-17)22(27)20-21(19-8-5-11-31-19)26(24(29)23(20)28)18-13-16(25)10-9-14(18)2/h4-13,21,27H,3H2,1-2H3/b22-20-. The van der Waals surface area contributed by atoms with Crippen LogP contribution in [-0.4, -0.2) is 23.4 Å². The van der Waals surface area contributed by atoms with E-state index >= 15 is 0 Å². The summed E-state index contributed by atoms with van der Waals surface area (Å²) in [4.78, 5) is 27.5. The van der Waals surface area contributed by atoms with Crippen LogP contribution in [0, 0.1) is 6.92 Å². The van der Waals surface area contributed by atoms with Crippen molar-refractivity contribution in [3.8, 4) is 5.75 Å². The predicted octanol–water partition coefficient (Wildman–Crippen LogP) is 5.27. The largest absolute Gasteiger partial charge is 0.507 e. The number of ether oxygens (including phenoxy) is 1. The Labute approximate surface area is 184 Å². The maximum Gasteiger partial charge on any atom is 0.300 e. The van der Waals surface area contributed by atoms with Crippen LogP contribution in [0.3, 0.4) is 0 Å². The number of aliphatic hydroxyl groups is 1. The van der Waals surface area contributed by atoms with Crippen molar-refractivity contribution in [1.29, 1.82) is 0 Å². The molecule has 1 atom stereocenters. The van der Waals surface area contributed by atoms with Crippen LogP contribution in [0.2, 0.25) is 5.02 Å². The van der Waals surface area contributed by atoms with Gasteiger partial charge in [0.15, 0.2) is 0 Å². The number of carbonyl (C=O) groups excluding carboxylic acids is 2. The van der Waals surface area contributed by atoms with E-state index in [-0.39, 0.29) is 11.3 Å². The average molecular weight is 438 g/mol. The fourth-order valence-corrected chi connectivity index (χ4v) is 3.86. The number of benzene rings is 2. The highest BCUT2D eigenvalue weighted by atomic mass is 35.5. The molecule has 6 nitrogen and oxygen atoms in total. The first-order valence-corrected chi connectivity index (χ1v) is 10.1. The summed E-state index contributed by atoms with van der Waals surface area (Å²) in [6.45, 7) is 4.12. The molecule has 0 spiro atoms. The molecule has 158 valence electrons. The van der Waals surface area contributed by atoms with Crippen molar-refractivity contribution in [2.75, 3.05) is 11.5 Å². The Hall–Kier alpha value is -3.51. The number of nitrogens with zero attached hydrogens (tertiary/aromatic N) is 1. The van der Waals surface area contributed by atoms with Gasteiger partial charge < -0.3 is 14.3 Å². The summed E-state index contributed by atoms with van der Waals surface area (Å²) in [7, 11) is 0. The van der Waals surface area contributed by atoms with Crippen LogP contribution < -0.4 is 9.64 Å². The molecule has 2 aromatic carbocycles. The average Bonchev–Trinajstić information content (AvgIpc) is 3.37. The number of halogens is 1. The summed E-state index contributed by atoms with van der Waals surface area (Å²) in [6.07, 6.45) is 1.45. The third kappa shape index (κ3) is 3.70. The van der Waals surface area contributed by atoms with Crippen LogP contribution in [0.1, 0.15) is 29.9 Å². The summed E-state index contributed by atoms with van der Waals surface area (Å²) < 4.78 is 11.1. The minimum atomic E-state index is -0.942. The highest BCUT2D eigenvalue weighted by Gasteiger charge is 2.48. The van der Waals surface area contributed by atoms with Crippen molar-refractivity contribution in [2.45, 2.75) is 19.9 Å². The Kier molecular flexibility index (Phi) is 5.57. The van der Waals surface area contributed by atoms with Crippen molar-refractivity contribution in [2.24, 2.45) is 0 Å².